The lowest BCUT2D eigenvalue weighted by molar-refractivity contribution is -0.139. The van der Waals surface area contributed by atoms with Crippen LogP contribution in [0.4, 0.5) is 28.0 Å². The number of amides is 5. The molecule has 10 nitrogen and oxygen atoms in total. The van der Waals surface area contributed by atoms with Gasteiger partial charge in [-0.1, -0.05) is 13.8 Å². The molecule has 1 atom stereocenters. The van der Waals surface area contributed by atoms with E-state index in [4.69, 9.17) is 0 Å². The van der Waals surface area contributed by atoms with Gasteiger partial charge in [-0.2, -0.15) is 18.3 Å². The highest BCUT2D eigenvalue weighted by atomic mass is 19.4. The van der Waals surface area contributed by atoms with E-state index >= 15 is 0 Å². The van der Waals surface area contributed by atoms with E-state index in [-0.39, 0.29) is 25.9 Å². The van der Waals surface area contributed by atoms with Gasteiger partial charge in [0.1, 0.15) is 17.4 Å². The van der Waals surface area contributed by atoms with Crippen molar-refractivity contribution in [1.29, 1.82) is 0 Å². The maximum Gasteiger partial charge on any atom is 0.416 e. The summed E-state index contributed by atoms with van der Waals surface area (Å²) in [5.74, 6) is -3.73. The number of hydrogen-bond donors (Lipinski definition) is 1. The molecular formula is C29H30F4N6O4. The van der Waals surface area contributed by atoms with Crippen LogP contribution in [0.25, 0.3) is 10.9 Å². The SMILES string of the molecule is CC(C)C(NC(=O)c1cc(C(F)(F)F)ccc1F)C(=O)N1CCC2(CC1)C(=O)N(C)C(=O)N2c1ccc2nn(C)cc2c1. The average molecular weight is 603 g/mol. The molecule has 2 aliphatic rings. The van der Waals surface area contributed by atoms with E-state index in [0.717, 1.165) is 15.8 Å². The largest absolute Gasteiger partial charge is 0.416 e. The minimum atomic E-state index is -4.79. The standard InChI is InChI=1S/C29H30F4N6O4/c1-16(2)23(34-24(40)20-14-18(29(31,32)33)5-7-21(20)30)25(41)38-11-9-28(10-12-38)26(42)37(4)27(43)39(28)19-6-8-22-17(13-19)15-36(3)35-22/h5-8,13-16,23H,9-12H2,1-4H3,(H,34,40). The van der Waals surface area contributed by atoms with E-state index in [9.17, 15) is 36.7 Å². The summed E-state index contributed by atoms with van der Waals surface area (Å²) in [6.45, 7) is 3.41. The third-order valence-corrected chi connectivity index (χ3v) is 8.13. The first-order chi connectivity index (χ1) is 20.1. The number of carbonyl (C=O) groups excluding carboxylic acids is 4. The molecular weight excluding hydrogens is 572 g/mol. The molecule has 0 aliphatic carbocycles. The number of benzene rings is 2. The Kier molecular flexibility index (Phi) is 7.43. The maximum absolute atomic E-state index is 14.4. The van der Waals surface area contributed by atoms with Crippen LogP contribution in [0.5, 0.6) is 0 Å². The summed E-state index contributed by atoms with van der Waals surface area (Å²) >= 11 is 0. The molecule has 1 N–H and O–H groups in total. The van der Waals surface area contributed by atoms with Crippen LogP contribution in [-0.4, -0.2) is 75.1 Å². The number of aromatic nitrogens is 2. The summed E-state index contributed by atoms with van der Waals surface area (Å²) in [5.41, 5.74) is -2.03. The summed E-state index contributed by atoms with van der Waals surface area (Å²) in [6, 6.07) is 5.09. The van der Waals surface area contributed by atoms with Gasteiger partial charge in [-0.3, -0.25) is 28.9 Å². The van der Waals surface area contributed by atoms with Crippen LogP contribution in [0, 0.1) is 11.7 Å². The summed E-state index contributed by atoms with van der Waals surface area (Å²) < 4.78 is 55.5. The van der Waals surface area contributed by atoms with Crippen molar-refractivity contribution >= 4 is 40.3 Å². The summed E-state index contributed by atoms with van der Waals surface area (Å²) in [6.07, 6.45) is -2.77. The number of aryl methyl sites for hydroxylation is 1. The minimum absolute atomic E-state index is 0.0638. The van der Waals surface area contributed by atoms with Crippen molar-refractivity contribution in [3.63, 3.8) is 0 Å². The molecule has 5 rings (SSSR count). The van der Waals surface area contributed by atoms with Crippen molar-refractivity contribution in [3.8, 4) is 0 Å². The highest BCUT2D eigenvalue weighted by Crippen LogP contribution is 2.41. The first kappa shape index (κ1) is 30.0. The zero-order valence-corrected chi connectivity index (χ0v) is 23.9. The highest BCUT2D eigenvalue weighted by Gasteiger charge is 2.58. The third-order valence-electron chi connectivity index (χ3n) is 8.13. The van der Waals surface area contributed by atoms with Gasteiger partial charge in [0.2, 0.25) is 5.91 Å². The minimum Gasteiger partial charge on any atom is -0.341 e. The molecule has 228 valence electrons. The van der Waals surface area contributed by atoms with E-state index in [1.54, 1.807) is 50.0 Å². The molecule has 2 aliphatic heterocycles. The summed E-state index contributed by atoms with van der Waals surface area (Å²) in [7, 11) is 3.18. The second-order valence-corrected chi connectivity index (χ2v) is 11.3. The van der Waals surface area contributed by atoms with E-state index < -0.39 is 64.4 Å². The third kappa shape index (κ3) is 5.19. The van der Waals surface area contributed by atoms with Crippen LogP contribution in [0.1, 0.15) is 42.6 Å². The first-order valence-corrected chi connectivity index (χ1v) is 13.7. The lowest BCUT2D eigenvalue weighted by Crippen LogP contribution is -2.60. The predicted octanol–water partition coefficient (Wildman–Crippen LogP) is 3.95. The number of rotatable bonds is 5. The zero-order chi connectivity index (χ0) is 31.4. The zero-order valence-electron chi connectivity index (χ0n) is 23.9. The van der Waals surface area contributed by atoms with Gasteiger partial charge in [0.25, 0.3) is 11.8 Å². The van der Waals surface area contributed by atoms with Crippen molar-refractivity contribution < 1.29 is 36.7 Å². The predicted molar refractivity (Wildman–Crippen MR) is 147 cm³/mol. The Bertz CT molecular complexity index is 1630. The van der Waals surface area contributed by atoms with Gasteiger partial charge in [-0.25, -0.2) is 9.18 Å². The number of likely N-dealkylation sites (N-methyl/N-ethyl adjacent to an activating group) is 1. The Hall–Kier alpha value is -4.49. The molecule has 1 unspecified atom stereocenters. The van der Waals surface area contributed by atoms with E-state index in [0.29, 0.717) is 23.9 Å². The fourth-order valence-electron chi connectivity index (χ4n) is 5.80. The molecule has 1 aromatic heterocycles. The fourth-order valence-corrected chi connectivity index (χ4v) is 5.80. The van der Waals surface area contributed by atoms with E-state index in [1.165, 1.54) is 16.8 Å². The van der Waals surface area contributed by atoms with Crippen molar-refractivity contribution in [3.05, 3.63) is 59.5 Å². The Balaban J connectivity index is 1.36. The number of fused-ring (bicyclic) bond motifs is 1. The Labute approximate surface area is 244 Å². The van der Waals surface area contributed by atoms with Crippen LogP contribution in [-0.2, 0) is 22.8 Å². The number of urea groups is 1. The average Bonchev–Trinajstić information content (AvgIpc) is 3.40. The highest BCUT2D eigenvalue weighted by molar-refractivity contribution is 6.17. The van der Waals surface area contributed by atoms with Gasteiger partial charge >= 0.3 is 12.2 Å². The van der Waals surface area contributed by atoms with Gasteiger partial charge in [0.05, 0.1) is 16.6 Å². The number of halogens is 4. The van der Waals surface area contributed by atoms with Crippen molar-refractivity contribution in [2.75, 3.05) is 25.0 Å². The van der Waals surface area contributed by atoms with Gasteiger partial charge < -0.3 is 10.2 Å². The van der Waals surface area contributed by atoms with Crippen LogP contribution >= 0.6 is 0 Å². The smallest absolute Gasteiger partial charge is 0.341 e. The summed E-state index contributed by atoms with van der Waals surface area (Å²) in [4.78, 5) is 57.2. The normalized spacial score (nSPS) is 17.8. The van der Waals surface area contributed by atoms with Gasteiger partial charge in [-0.15, -0.1) is 0 Å². The second-order valence-electron chi connectivity index (χ2n) is 11.3. The number of hydrogen-bond acceptors (Lipinski definition) is 5. The molecule has 43 heavy (non-hydrogen) atoms. The van der Waals surface area contributed by atoms with Crippen LogP contribution in [0.15, 0.2) is 42.6 Å². The van der Waals surface area contributed by atoms with Crippen molar-refractivity contribution in [2.24, 2.45) is 13.0 Å². The maximum atomic E-state index is 14.4. The molecule has 2 fully saturated rings. The molecule has 0 saturated carbocycles. The van der Waals surface area contributed by atoms with Crippen molar-refractivity contribution in [2.45, 2.75) is 44.4 Å². The monoisotopic (exact) mass is 602 g/mol. The molecule has 5 amide bonds. The van der Waals surface area contributed by atoms with Crippen LogP contribution in [0.2, 0.25) is 0 Å². The number of imide groups is 1. The molecule has 2 aromatic carbocycles. The Morgan fingerprint density at radius 3 is 2.33 bits per heavy atom. The number of nitrogens with one attached hydrogen (secondary N) is 1. The number of nitrogens with zero attached hydrogens (tertiary/aromatic N) is 5. The Morgan fingerprint density at radius 1 is 1.02 bits per heavy atom. The molecule has 1 spiro atoms. The second kappa shape index (κ2) is 10.7. The topological polar surface area (TPSA) is 108 Å². The lowest BCUT2D eigenvalue weighted by atomic mass is 9.85. The molecule has 0 bridgehead atoms. The number of piperidine rings is 1. The molecule has 3 aromatic rings. The quantitative estimate of drug-likeness (QED) is 0.352. The van der Waals surface area contributed by atoms with Gasteiger partial charge in [0.15, 0.2) is 0 Å². The Morgan fingerprint density at radius 2 is 1.70 bits per heavy atom. The molecule has 14 heteroatoms. The number of anilines is 1. The number of alkyl halides is 3. The van der Waals surface area contributed by atoms with Crippen LogP contribution < -0.4 is 10.2 Å². The van der Waals surface area contributed by atoms with E-state index in [1.807, 2.05) is 0 Å². The molecule has 3 heterocycles. The van der Waals surface area contributed by atoms with E-state index in [2.05, 4.69) is 10.4 Å². The van der Waals surface area contributed by atoms with Gasteiger partial charge in [0, 0.05) is 44.5 Å². The molecule has 0 radical (unpaired) electrons. The molecule has 2 saturated heterocycles. The van der Waals surface area contributed by atoms with Crippen molar-refractivity contribution in [1.82, 2.24) is 24.9 Å². The fraction of sp³-hybridized carbons (Fsp3) is 0.414. The van der Waals surface area contributed by atoms with Crippen LogP contribution in [0.3, 0.4) is 0 Å². The van der Waals surface area contributed by atoms with Gasteiger partial charge in [-0.05, 0) is 55.2 Å². The first-order valence-electron chi connectivity index (χ1n) is 13.7. The summed E-state index contributed by atoms with van der Waals surface area (Å²) in [5, 5.41) is 7.53. The number of likely N-dealkylation sites (tertiary alicyclic amines) is 1. The number of carbonyl (C=O) groups is 4. The lowest BCUT2D eigenvalue weighted by Gasteiger charge is -2.43.